The van der Waals surface area contributed by atoms with E-state index in [0.29, 0.717) is 36.9 Å². The number of hydrogen-bond acceptors (Lipinski definition) is 6. The summed E-state index contributed by atoms with van der Waals surface area (Å²) < 4.78 is 36.4. The largest absolute Gasteiger partial charge is 0.385 e. The molecule has 3 aromatic rings. The van der Waals surface area contributed by atoms with Crippen LogP contribution in [0.25, 0.3) is 11.4 Å². The predicted molar refractivity (Wildman–Crippen MR) is 145 cm³/mol. The number of hydrogen-bond donors (Lipinski definition) is 2. The highest BCUT2D eigenvalue weighted by Gasteiger charge is 2.37. The molecule has 1 saturated carbocycles. The molecule has 2 N–H and O–H groups in total. The van der Waals surface area contributed by atoms with E-state index in [4.69, 9.17) is 9.47 Å². The fourth-order valence-electron chi connectivity index (χ4n) is 5.81. The number of aliphatic hydroxyl groups is 1. The van der Waals surface area contributed by atoms with Crippen molar-refractivity contribution in [1.29, 1.82) is 0 Å². The summed E-state index contributed by atoms with van der Waals surface area (Å²) in [6, 6.07) is 15.6. The van der Waals surface area contributed by atoms with Crippen LogP contribution in [-0.2, 0) is 24.9 Å². The zero-order valence-corrected chi connectivity index (χ0v) is 22.5. The average Bonchev–Trinajstić information content (AvgIpc) is 3.71. The fourth-order valence-corrected chi connectivity index (χ4v) is 7.47. The highest BCUT2D eigenvalue weighted by molar-refractivity contribution is 7.92. The summed E-state index contributed by atoms with van der Waals surface area (Å²) in [5.41, 5.74) is 3.91. The van der Waals surface area contributed by atoms with Gasteiger partial charge in [0.05, 0.1) is 27.1 Å². The van der Waals surface area contributed by atoms with Gasteiger partial charge in [-0.25, -0.2) is 8.42 Å². The molecule has 2 aromatic heterocycles. The lowest BCUT2D eigenvalue weighted by atomic mass is 9.83. The van der Waals surface area contributed by atoms with Crippen LogP contribution >= 0.6 is 0 Å². The normalized spacial score (nSPS) is 21.3. The third-order valence-electron chi connectivity index (χ3n) is 8.46. The first kappa shape index (κ1) is 25.7. The van der Waals surface area contributed by atoms with Crippen LogP contribution in [0.2, 0.25) is 0 Å². The monoisotopic (exact) mass is 536 g/mol. The maximum atomic E-state index is 12.7. The zero-order valence-electron chi connectivity index (χ0n) is 21.6. The van der Waals surface area contributed by atoms with Crippen LogP contribution in [0.1, 0.15) is 67.7 Å². The smallest absolute Gasteiger partial charge is 0.181 e. The third kappa shape index (κ3) is 5.32. The summed E-state index contributed by atoms with van der Waals surface area (Å²) >= 11 is 0. The van der Waals surface area contributed by atoms with Crippen LogP contribution in [0.4, 0.5) is 0 Å². The van der Waals surface area contributed by atoms with Crippen LogP contribution in [0.3, 0.4) is 0 Å². The summed E-state index contributed by atoms with van der Waals surface area (Å²) in [5, 5.41) is 10.8. The van der Waals surface area contributed by atoms with Gasteiger partial charge in [0.2, 0.25) is 0 Å². The second-order valence-electron chi connectivity index (χ2n) is 11.1. The standard InChI is InChI=1S/C30H36N2O5S/c33-30(13-17-37-18-14-30)23-3-8-28(31-20-23)29-10-9-27(32-29)26(19-21-11-15-36-16-12-21)22-1-4-24(5-2-22)38(34,35)25-6-7-25/h1-5,8-10,20-21,25-26,32-33H,6-7,11-19H2. The maximum absolute atomic E-state index is 12.7. The predicted octanol–water partition coefficient (Wildman–Crippen LogP) is 4.96. The Bertz CT molecular complexity index is 1330. The van der Waals surface area contributed by atoms with Crippen molar-refractivity contribution in [2.24, 2.45) is 5.92 Å². The second kappa shape index (κ2) is 10.6. The van der Waals surface area contributed by atoms with E-state index in [-0.39, 0.29) is 11.2 Å². The Morgan fingerprint density at radius 3 is 2.29 bits per heavy atom. The summed E-state index contributed by atoms with van der Waals surface area (Å²) in [4.78, 5) is 8.71. The van der Waals surface area contributed by atoms with Crippen LogP contribution in [0.15, 0.2) is 59.6 Å². The third-order valence-corrected chi connectivity index (χ3v) is 10.7. The number of aromatic nitrogens is 2. The molecule has 6 rings (SSSR count). The highest BCUT2D eigenvalue weighted by atomic mass is 32.2. The van der Waals surface area contributed by atoms with Gasteiger partial charge in [-0.15, -0.1) is 0 Å². The zero-order chi connectivity index (χ0) is 26.2. The molecule has 1 aliphatic carbocycles. The summed E-state index contributed by atoms with van der Waals surface area (Å²) in [6.45, 7) is 2.70. The number of ether oxygens (including phenoxy) is 2. The molecule has 3 aliphatic rings. The molecule has 0 bridgehead atoms. The number of rotatable bonds is 8. The number of nitrogens with one attached hydrogen (secondary N) is 1. The van der Waals surface area contributed by atoms with Gasteiger partial charge in [-0.2, -0.15) is 0 Å². The molecule has 1 aromatic carbocycles. The molecule has 0 radical (unpaired) electrons. The molecular weight excluding hydrogens is 500 g/mol. The fraction of sp³-hybridized carbons (Fsp3) is 0.500. The number of benzene rings is 1. The maximum Gasteiger partial charge on any atom is 0.181 e. The Balaban J connectivity index is 1.26. The molecule has 1 atom stereocenters. The van der Waals surface area contributed by atoms with E-state index in [2.05, 4.69) is 22.1 Å². The summed E-state index contributed by atoms with van der Waals surface area (Å²) in [7, 11) is -3.21. The van der Waals surface area contributed by atoms with Gasteiger partial charge in [-0.05, 0) is 73.9 Å². The second-order valence-corrected chi connectivity index (χ2v) is 13.3. The van der Waals surface area contributed by atoms with E-state index in [9.17, 15) is 13.5 Å². The van der Waals surface area contributed by atoms with E-state index in [0.717, 1.165) is 73.5 Å². The summed E-state index contributed by atoms with van der Waals surface area (Å²) in [5.74, 6) is 0.666. The number of H-pyrrole nitrogens is 1. The highest BCUT2D eigenvalue weighted by Crippen LogP contribution is 2.38. The lowest BCUT2D eigenvalue weighted by molar-refractivity contribution is -0.0680. The van der Waals surface area contributed by atoms with E-state index in [1.807, 2.05) is 24.3 Å². The minimum atomic E-state index is -3.21. The Kier molecular flexibility index (Phi) is 7.16. The van der Waals surface area contributed by atoms with Gasteiger partial charge < -0.3 is 19.6 Å². The number of nitrogens with zero attached hydrogens (tertiary/aromatic N) is 1. The van der Waals surface area contributed by atoms with Gasteiger partial charge in [0, 0.05) is 62.6 Å². The molecule has 4 heterocycles. The quantitative estimate of drug-likeness (QED) is 0.422. The number of pyridine rings is 1. The first-order valence-corrected chi connectivity index (χ1v) is 15.3. The van der Waals surface area contributed by atoms with Crippen LogP contribution in [-0.4, -0.2) is 55.2 Å². The lowest BCUT2D eigenvalue weighted by Gasteiger charge is -2.32. The van der Waals surface area contributed by atoms with Gasteiger partial charge in [-0.3, -0.25) is 4.98 Å². The molecule has 38 heavy (non-hydrogen) atoms. The Morgan fingerprint density at radius 1 is 0.921 bits per heavy atom. The first-order chi connectivity index (χ1) is 18.4. The van der Waals surface area contributed by atoms with Crippen molar-refractivity contribution in [1.82, 2.24) is 9.97 Å². The minimum absolute atomic E-state index is 0.117. The SMILES string of the molecule is O=S(=O)(c1ccc(C(CC2CCOCC2)c2ccc(-c3ccc(C4(O)CCOCC4)cn3)[nH]2)cc1)C1CC1. The minimum Gasteiger partial charge on any atom is -0.385 e. The van der Waals surface area contributed by atoms with E-state index in [1.165, 1.54) is 0 Å². The van der Waals surface area contributed by atoms with Crippen LogP contribution in [0, 0.1) is 5.92 Å². The number of aromatic amines is 1. The molecule has 0 amide bonds. The van der Waals surface area contributed by atoms with Crippen LogP contribution in [0.5, 0.6) is 0 Å². The molecule has 8 heteroatoms. The van der Waals surface area contributed by atoms with Crippen molar-refractivity contribution in [3.8, 4) is 11.4 Å². The van der Waals surface area contributed by atoms with Gasteiger partial charge in [0.1, 0.15) is 0 Å². The Labute approximate surface area is 224 Å². The molecule has 2 saturated heterocycles. The van der Waals surface area contributed by atoms with Gasteiger partial charge in [0.15, 0.2) is 9.84 Å². The van der Waals surface area contributed by atoms with Crippen molar-refractivity contribution in [2.75, 3.05) is 26.4 Å². The molecular formula is C30H36N2O5S. The van der Waals surface area contributed by atoms with E-state index < -0.39 is 15.4 Å². The van der Waals surface area contributed by atoms with Crippen molar-refractivity contribution in [3.05, 3.63) is 71.5 Å². The molecule has 3 fully saturated rings. The van der Waals surface area contributed by atoms with Crippen LogP contribution < -0.4 is 0 Å². The molecule has 202 valence electrons. The average molecular weight is 537 g/mol. The van der Waals surface area contributed by atoms with Crippen molar-refractivity contribution in [3.63, 3.8) is 0 Å². The van der Waals surface area contributed by atoms with Crippen molar-refractivity contribution in [2.45, 2.75) is 66.6 Å². The van der Waals surface area contributed by atoms with Gasteiger partial charge in [-0.1, -0.05) is 18.2 Å². The summed E-state index contributed by atoms with van der Waals surface area (Å²) in [6.07, 6.45) is 7.52. The van der Waals surface area contributed by atoms with Crippen molar-refractivity contribution < 1.29 is 23.0 Å². The molecule has 2 aliphatic heterocycles. The number of sulfone groups is 1. The Hall–Kier alpha value is -2.52. The van der Waals surface area contributed by atoms with E-state index in [1.54, 1.807) is 18.3 Å². The molecule has 7 nitrogen and oxygen atoms in total. The lowest BCUT2D eigenvalue weighted by Crippen LogP contribution is -2.33. The van der Waals surface area contributed by atoms with Gasteiger partial charge in [0.25, 0.3) is 0 Å². The van der Waals surface area contributed by atoms with E-state index >= 15 is 0 Å². The Morgan fingerprint density at radius 2 is 1.63 bits per heavy atom. The first-order valence-electron chi connectivity index (χ1n) is 13.8. The topological polar surface area (TPSA) is 102 Å². The molecule has 0 spiro atoms. The van der Waals surface area contributed by atoms with Gasteiger partial charge >= 0.3 is 0 Å². The molecule has 1 unspecified atom stereocenters. The van der Waals surface area contributed by atoms with Crippen molar-refractivity contribution >= 4 is 9.84 Å².